The molecular weight excluding hydrogens is 358 g/mol. The minimum absolute atomic E-state index is 0.0428. The lowest BCUT2D eigenvalue weighted by Gasteiger charge is -2.17. The maximum absolute atomic E-state index is 12.6. The standard InChI is InChI=1S/C20H23N5O3/c1-3-7-16(18-21-10-11-25(18)2)23-19(26)15-12-22-17(24-20(15)27)13-28-14-8-5-4-6-9-14/h4-6,8-12,16H,3,7,13H2,1-2H3,(H,23,26)(H,22,24,27)/t16-/m1/s1. The fourth-order valence-corrected chi connectivity index (χ4v) is 2.84. The molecule has 0 radical (unpaired) electrons. The predicted molar refractivity (Wildman–Crippen MR) is 104 cm³/mol. The molecule has 2 heterocycles. The average Bonchev–Trinajstić information content (AvgIpc) is 3.12. The molecule has 0 aliphatic rings. The fourth-order valence-electron chi connectivity index (χ4n) is 2.84. The van der Waals surface area contributed by atoms with Crippen molar-refractivity contribution >= 4 is 5.91 Å². The van der Waals surface area contributed by atoms with Gasteiger partial charge in [0.2, 0.25) is 0 Å². The number of nitrogens with one attached hydrogen (secondary N) is 2. The molecule has 1 aromatic carbocycles. The summed E-state index contributed by atoms with van der Waals surface area (Å²) in [5, 5.41) is 2.88. The van der Waals surface area contributed by atoms with Crippen molar-refractivity contribution in [3.8, 4) is 5.75 Å². The summed E-state index contributed by atoms with van der Waals surface area (Å²) in [5.74, 6) is 1.28. The molecule has 0 spiro atoms. The van der Waals surface area contributed by atoms with E-state index in [-0.39, 0.29) is 18.2 Å². The highest BCUT2D eigenvalue weighted by molar-refractivity contribution is 5.93. The first-order chi connectivity index (χ1) is 13.6. The molecule has 2 aromatic heterocycles. The number of hydrogen-bond donors (Lipinski definition) is 2. The average molecular weight is 381 g/mol. The summed E-state index contributed by atoms with van der Waals surface area (Å²) in [7, 11) is 1.87. The molecular formula is C20H23N5O3. The number of carbonyl (C=O) groups excluding carboxylic acids is 1. The van der Waals surface area contributed by atoms with Crippen LogP contribution in [0.5, 0.6) is 5.75 Å². The first-order valence-corrected chi connectivity index (χ1v) is 9.12. The summed E-state index contributed by atoms with van der Waals surface area (Å²) >= 11 is 0. The summed E-state index contributed by atoms with van der Waals surface area (Å²) in [6, 6.07) is 8.94. The minimum Gasteiger partial charge on any atom is -0.486 e. The number of aromatic nitrogens is 4. The highest BCUT2D eigenvalue weighted by Gasteiger charge is 2.20. The highest BCUT2D eigenvalue weighted by atomic mass is 16.5. The lowest BCUT2D eigenvalue weighted by Crippen LogP contribution is -2.34. The van der Waals surface area contributed by atoms with Crippen LogP contribution in [-0.4, -0.2) is 25.4 Å². The number of carbonyl (C=O) groups is 1. The molecule has 0 saturated carbocycles. The van der Waals surface area contributed by atoms with Crippen LogP contribution in [0.1, 0.15) is 47.8 Å². The first-order valence-electron chi connectivity index (χ1n) is 9.12. The maximum atomic E-state index is 12.6. The molecule has 146 valence electrons. The second-order valence-corrected chi connectivity index (χ2v) is 6.39. The van der Waals surface area contributed by atoms with E-state index < -0.39 is 11.5 Å². The van der Waals surface area contributed by atoms with Gasteiger partial charge in [-0.2, -0.15) is 0 Å². The molecule has 0 aliphatic carbocycles. The van der Waals surface area contributed by atoms with Crippen molar-refractivity contribution < 1.29 is 9.53 Å². The number of nitrogens with zero attached hydrogens (tertiary/aromatic N) is 3. The number of imidazole rings is 1. The monoisotopic (exact) mass is 381 g/mol. The van der Waals surface area contributed by atoms with Crippen molar-refractivity contribution in [1.29, 1.82) is 0 Å². The molecule has 1 amide bonds. The lowest BCUT2D eigenvalue weighted by molar-refractivity contribution is 0.0930. The van der Waals surface area contributed by atoms with E-state index in [1.54, 1.807) is 6.20 Å². The van der Waals surface area contributed by atoms with Crippen LogP contribution in [0.25, 0.3) is 0 Å². The second kappa shape index (κ2) is 8.98. The van der Waals surface area contributed by atoms with Crippen molar-refractivity contribution in [3.63, 3.8) is 0 Å². The number of benzene rings is 1. The van der Waals surface area contributed by atoms with Crippen LogP contribution in [0.15, 0.2) is 53.7 Å². The summed E-state index contributed by atoms with van der Waals surface area (Å²) in [6.07, 6.45) is 6.35. The molecule has 0 aliphatic heterocycles. The van der Waals surface area contributed by atoms with Crippen molar-refractivity contribution in [2.75, 3.05) is 0 Å². The van der Waals surface area contributed by atoms with Gasteiger partial charge in [0.15, 0.2) is 0 Å². The van der Waals surface area contributed by atoms with Gasteiger partial charge in [0, 0.05) is 25.6 Å². The van der Waals surface area contributed by atoms with Gasteiger partial charge in [-0.1, -0.05) is 31.5 Å². The molecule has 0 bridgehead atoms. The lowest BCUT2D eigenvalue weighted by atomic mass is 10.1. The fraction of sp³-hybridized carbons (Fsp3) is 0.300. The minimum atomic E-state index is -0.505. The zero-order valence-electron chi connectivity index (χ0n) is 15.9. The Morgan fingerprint density at radius 3 is 2.71 bits per heavy atom. The molecule has 28 heavy (non-hydrogen) atoms. The smallest absolute Gasteiger partial charge is 0.263 e. The molecule has 3 aromatic rings. The number of aromatic amines is 1. The number of para-hydroxylation sites is 1. The number of rotatable bonds is 8. The number of aryl methyl sites for hydroxylation is 1. The van der Waals surface area contributed by atoms with Gasteiger partial charge in [-0.05, 0) is 18.6 Å². The van der Waals surface area contributed by atoms with Crippen molar-refractivity contribution in [3.05, 3.63) is 76.5 Å². The van der Waals surface area contributed by atoms with Crippen LogP contribution in [0, 0.1) is 0 Å². The van der Waals surface area contributed by atoms with Crippen LogP contribution in [-0.2, 0) is 13.7 Å². The Morgan fingerprint density at radius 2 is 2.07 bits per heavy atom. The van der Waals surface area contributed by atoms with E-state index in [4.69, 9.17) is 4.74 Å². The summed E-state index contributed by atoms with van der Waals surface area (Å²) in [4.78, 5) is 36.0. The van der Waals surface area contributed by atoms with E-state index >= 15 is 0 Å². The van der Waals surface area contributed by atoms with Crippen LogP contribution >= 0.6 is 0 Å². The summed E-state index contributed by atoms with van der Waals surface area (Å²) < 4.78 is 7.42. The molecule has 0 fully saturated rings. The van der Waals surface area contributed by atoms with Crippen LogP contribution in [0.2, 0.25) is 0 Å². The van der Waals surface area contributed by atoms with E-state index in [1.807, 2.05) is 55.1 Å². The van der Waals surface area contributed by atoms with Crippen LogP contribution < -0.4 is 15.6 Å². The quantitative estimate of drug-likeness (QED) is 0.624. The van der Waals surface area contributed by atoms with E-state index in [0.29, 0.717) is 18.0 Å². The largest absolute Gasteiger partial charge is 0.486 e. The van der Waals surface area contributed by atoms with Crippen LogP contribution in [0.4, 0.5) is 0 Å². The van der Waals surface area contributed by atoms with E-state index in [0.717, 1.165) is 12.2 Å². The van der Waals surface area contributed by atoms with E-state index in [1.165, 1.54) is 6.20 Å². The zero-order valence-corrected chi connectivity index (χ0v) is 15.9. The first kappa shape index (κ1) is 19.3. The van der Waals surface area contributed by atoms with E-state index in [9.17, 15) is 9.59 Å². The van der Waals surface area contributed by atoms with Gasteiger partial charge >= 0.3 is 0 Å². The Hall–Kier alpha value is -3.42. The zero-order chi connectivity index (χ0) is 19.9. The van der Waals surface area contributed by atoms with Gasteiger partial charge in [-0.15, -0.1) is 0 Å². The van der Waals surface area contributed by atoms with Crippen molar-refractivity contribution in [2.24, 2.45) is 7.05 Å². The van der Waals surface area contributed by atoms with Gasteiger partial charge in [-0.3, -0.25) is 9.59 Å². The normalized spacial score (nSPS) is 11.8. The molecule has 0 saturated heterocycles. The van der Waals surface area contributed by atoms with Gasteiger partial charge in [0.25, 0.3) is 11.5 Å². The second-order valence-electron chi connectivity index (χ2n) is 6.39. The Balaban J connectivity index is 1.69. The summed E-state index contributed by atoms with van der Waals surface area (Å²) in [6.45, 7) is 2.13. The van der Waals surface area contributed by atoms with E-state index in [2.05, 4.69) is 20.3 Å². The van der Waals surface area contributed by atoms with Gasteiger partial charge in [0.1, 0.15) is 29.6 Å². The number of ether oxygens (including phenoxy) is 1. The molecule has 8 nitrogen and oxygen atoms in total. The maximum Gasteiger partial charge on any atom is 0.263 e. The van der Waals surface area contributed by atoms with Gasteiger partial charge < -0.3 is 19.6 Å². The Labute approximate surface area is 162 Å². The van der Waals surface area contributed by atoms with Crippen molar-refractivity contribution in [2.45, 2.75) is 32.4 Å². The van der Waals surface area contributed by atoms with Gasteiger partial charge in [0.05, 0.1) is 6.04 Å². The third-order valence-electron chi connectivity index (χ3n) is 4.27. The summed E-state index contributed by atoms with van der Waals surface area (Å²) in [5.41, 5.74) is -0.548. The highest BCUT2D eigenvalue weighted by Crippen LogP contribution is 2.16. The number of H-pyrrole nitrogens is 1. The van der Waals surface area contributed by atoms with Crippen molar-refractivity contribution in [1.82, 2.24) is 24.8 Å². The Kier molecular flexibility index (Phi) is 6.21. The Morgan fingerprint density at radius 1 is 1.29 bits per heavy atom. The molecule has 3 rings (SSSR count). The number of amides is 1. The van der Waals surface area contributed by atoms with Gasteiger partial charge in [-0.25, -0.2) is 9.97 Å². The Bertz CT molecular complexity index is 981. The predicted octanol–water partition coefficient (Wildman–Crippen LogP) is 2.35. The SMILES string of the molecule is CCC[C@@H](NC(=O)c1cnc(COc2ccccc2)[nH]c1=O)c1nccn1C. The molecule has 1 atom stereocenters. The molecule has 8 heteroatoms. The van der Waals surface area contributed by atoms with Crippen LogP contribution in [0.3, 0.4) is 0 Å². The number of hydrogen-bond acceptors (Lipinski definition) is 5. The topological polar surface area (TPSA) is 102 Å². The third-order valence-corrected chi connectivity index (χ3v) is 4.27. The molecule has 2 N–H and O–H groups in total. The third kappa shape index (κ3) is 4.64. The molecule has 0 unspecified atom stereocenters.